The largest absolute Gasteiger partial charge is 0.410 e. The highest BCUT2D eigenvalue weighted by Gasteiger charge is 2.47. The molecule has 1 amide bonds. The monoisotopic (exact) mass is 436 g/mol. The van der Waals surface area contributed by atoms with Crippen molar-refractivity contribution in [3.05, 3.63) is 64.0 Å². The lowest BCUT2D eigenvalue weighted by Gasteiger charge is -2.33. The van der Waals surface area contributed by atoms with Gasteiger partial charge in [0.2, 0.25) is 0 Å². The third-order valence-electron chi connectivity index (χ3n) is 5.00. The minimum Gasteiger partial charge on any atom is -0.389 e. The van der Waals surface area contributed by atoms with E-state index in [2.05, 4.69) is 15.7 Å². The molecule has 2 aromatic heterocycles. The van der Waals surface area contributed by atoms with Gasteiger partial charge in [-0.3, -0.25) is 4.79 Å². The molecule has 0 saturated carbocycles. The highest BCUT2D eigenvalue weighted by Crippen LogP contribution is 2.45. The van der Waals surface area contributed by atoms with E-state index in [9.17, 15) is 23.1 Å². The Morgan fingerprint density at radius 1 is 1.37 bits per heavy atom. The van der Waals surface area contributed by atoms with Crippen molar-refractivity contribution >= 4 is 28.7 Å². The number of aliphatic hydroxyl groups is 1. The van der Waals surface area contributed by atoms with Gasteiger partial charge in [0, 0.05) is 17.0 Å². The number of thiophene rings is 1. The first kappa shape index (κ1) is 20.4. The molecule has 10 heteroatoms. The Morgan fingerprint density at radius 2 is 2.17 bits per heavy atom. The highest BCUT2D eigenvalue weighted by atomic mass is 32.1. The van der Waals surface area contributed by atoms with Gasteiger partial charge < -0.3 is 15.7 Å². The minimum atomic E-state index is -4.50. The maximum atomic E-state index is 13.7. The van der Waals surface area contributed by atoms with Crippen LogP contribution in [0.3, 0.4) is 0 Å². The Bertz CT molecular complexity index is 1050. The Balaban J connectivity index is 1.66. The van der Waals surface area contributed by atoms with Crippen LogP contribution in [0.2, 0.25) is 0 Å². The fourth-order valence-corrected chi connectivity index (χ4v) is 4.27. The van der Waals surface area contributed by atoms with Crippen LogP contribution >= 0.6 is 11.3 Å². The molecule has 3 atom stereocenters. The fourth-order valence-electron chi connectivity index (χ4n) is 3.48. The number of carbonyl (C=O) groups excluding carboxylic acids is 1. The van der Waals surface area contributed by atoms with Gasteiger partial charge in [0.25, 0.3) is 5.91 Å². The van der Waals surface area contributed by atoms with E-state index in [0.29, 0.717) is 11.3 Å². The smallest absolute Gasteiger partial charge is 0.389 e. The summed E-state index contributed by atoms with van der Waals surface area (Å²) in [7, 11) is 0. The van der Waals surface area contributed by atoms with Gasteiger partial charge in [0.05, 0.1) is 18.3 Å². The lowest BCUT2D eigenvalue weighted by Crippen LogP contribution is -2.36. The van der Waals surface area contributed by atoms with Crippen LogP contribution in [0.5, 0.6) is 0 Å². The van der Waals surface area contributed by atoms with Crippen LogP contribution in [-0.2, 0) is 0 Å². The first-order chi connectivity index (χ1) is 14.2. The molecule has 0 bridgehead atoms. The Morgan fingerprint density at radius 3 is 2.83 bits per heavy atom. The molecule has 0 unspecified atom stereocenters. The van der Waals surface area contributed by atoms with Crippen LogP contribution in [0.4, 0.5) is 24.7 Å². The van der Waals surface area contributed by atoms with Crippen LogP contribution in [0.1, 0.15) is 52.3 Å². The summed E-state index contributed by atoms with van der Waals surface area (Å²) >= 11 is 1.36. The maximum Gasteiger partial charge on any atom is 0.410 e. The lowest BCUT2D eigenvalue weighted by atomic mass is 10.0. The zero-order chi connectivity index (χ0) is 21.5. The van der Waals surface area contributed by atoms with Crippen LogP contribution in [0, 0.1) is 0 Å². The molecule has 6 nitrogen and oxygen atoms in total. The molecule has 4 rings (SSSR count). The number of rotatable bonds is 4. The summed E-state index contributed by atoms with van der Waals surface area (Å²) in [5.74, 6) is -0.551. The summed E-state index contributed by atoms with van der Waals surface area (Å²) < 4.78 is 41.9. The number of hydrogen-bond donors (Lipinski definition) is 3. The predicted molar refractivity (Wildman–Crippen MR) is 108 cm³/mol. The predicted octanol–water partition coefficient (Wildman–Crippen LogP) is 4.91. The summed E-state index contributed by atoms with van der Waals surface area (Å²) in [4.78, 5) is 13.6. The minimum absolute atomic E-state index is 0.0213. The van der Waals surface area contributed by atoms with Crippen molar-refractivity contribution in [2.24, 2.45) is 0 Å². The first-order valence-corrected chi connectivity index (χ1v) is 10.2. The van der Waals surface area contributed by atoms with Gasteiger partial charge in [-0.25, -0.2) is 4.68 Å². The first-order valence-electron chi connectivity index (χ1n) is 9.27. The van der Waals surface area contributed by atoms with Gasteiger partial charge >= 0.3 is 6.18 Å². The summed E-state index contributed by atoms with van der Waals surface area (Å²) in [6.45, 7) is 1.60. The third kappa shape index (κ3) is 3.92. The number of fused-ring (bicyclic) bond motifs is 1. The number of benzene rings is 1. The third-order valence-corrected chi connectivity index (χ3v) is 5.98. The second-order valence-electron chi connectivity index (χ2n) is 7.11. The SMILES string of the molecule is C[C@H](O)c1cccc(NC(=O)c2cnn3c2N[C@@H](c2cccs2)C[C@H]3C(F)(F)F)c1. The van der Waals surface area contributed by atoms with Crippen molar-refractivity contribution in [2.75, 3.05) is 10.6 Å². The number of nitrogens with one attached hydrogen (secondary N) is 2. The number of amides is 1. The van der Waals surface area contributed by atoms with Gasteiger partial charge in [-0.05, 0) is 36.1 Å². The van der Waals surface area contributed by atoms with Crippen LogP contribution < -0.4 is 10.6 Å². The normalized spacial score (nSPS) is 19.6. The molecule has 0 radical (unpaired) electrons. The van der Waals surface area contributed by atoms with Crippen LogP contribution in [0.25, 0.3) is 0 Å². The van der Waals surface area contributed by atoms with Crippen molar-refractivity contribution < 1.29 is 23.1 Å². The van der Waals surface area contributed by atoms with Crippen molar-refractivity contribution in [3.63, 3.8) is 0 Å². The van der Waals surface area contributed by atoms with Gasteiger partial charge in [-0.2, -0.15) is 18.3 Å². The Hall–Kier alpha value is -2.85. The van der Waals surface area contributed by atoms with E-state index in [-0.39, 0.29) is 17.8 Å². The molecular formula is C20H19F3N4O2S. The summed E-state index contributed by atoms with van der Waals surface area (Å²) in [6.07, 6.45) is -4.29. The van der Waals surface area contributed by atoms with Crippen molar-refractivity contribution in [1.29, 1.82) is 0 Å². The van der Waals surface area contributed by atoms with Gasteiger partial charge in [0.15, 0.2) is 6.04 Å². The van der Waals surface area contributed by atoms with E-state index >= 15 is 0 Å². The molecular weight excluding hydrogens is 417 g/mol. The maximum absolute atomic E-state index is 13.7. The van der Waals surface area contributed by atoms with Crippen LogP contribution in [-0.4, -0.2) is 27.0 Å². The number of aromatic nitrogens is 2. The molecule has 0 spiro atoms. The standard InChI is InChI=1S/C20H19F3N4O2S/c1-11(28)12-4-2-5-13(8-12)25-19(29)14-10-24-27-17(20(21,22)23)9-15(26-18(14)27)16-6-3-7-30-16/h2-8,10-11,15,17,26,28H,9H2,1H3,(H,25,29)/t11-,15+,17-/m0/s1. The number of alkyl halides is 3. The van der Waals surface area contributed by atoms with Gasteiger partial charge in [-0.15, -0.1) is 11.3 Å². The molecule has 1 aliphatic rings. The molecule has 3 aromatic rings. The van der Waals surface area contributed by atoms with E-state index in [1.165, 1.54) is 11.3 Å². The van der Waals surface area contributed by atoms with Gasteiger partial charge in [0.1, 0.15) is 11.4 Å². The van der Waals surface area contributed by atoms with E-state index in [0.717, 1.165) is 15.8 Å². The van der Waals surface area contributed by atoms with E-state index < -0.39 is 30.3 Å². The molecule has 0 saturated heterocycles. The summed E-state index contributed by atoms with van der Waals surface area (Å²) in [5, 5.41) is 21.1. The topological polar surface area (TPSA) is 79.2 Å². The molecule has 30 heavy (non-hydrogen) atoms. The number of aliphatic hydroxyl groups excluding tert-OH is 1. The molecule has 1 aromatic carbocycles. The number of nitrogens with zero attached hydrogens (tertiary/aromatic N) is 2. The van der Waals surface area contributed by atoms with Crippen molar-refractivity contribution in [2.45, 2.75) is 37.7 Å². The number of hydrogen-bond acceptors (Lipinski definition) is 5. The molecule has 0 fully saturated rings. The fraction of sp³-hybridized carbons (Fsp3) is 0.300. The number of halogens is 3. The van der Waals surface area contributed by atoms with Crippen molar-refractivity contribution in [1.82, 2.24) is 9.78 Å². The number of carbonyl (C=O) groups is 1. The highest BCUT2D eigenvalue weighted by molar-refractivity contribution is 7.10. The molecule has 1 aliphatic heterocycles. The average Bonchev–Trinajstić information content (AvgIpc) is 3.36. The zero-order valence-corrected chi connectivity index (χ0v) is 16.7. The van der Waals surface area contributed by atoms with Crippen LogP contribution in [0.15, 0.2) is 48.0 Å². The molecule has 158 valence electrons. The molecule has 3 heterocycles. The van der Waals surface area contributed by atoms with Crippen molar-refractivity contribution in [3.8, 4) is 0 Å². The lowest BCUT2D eigenvalue weighted by molar-refractivity contribution is -0.173. The van der Waals surface area contributed by atoms with E-state index in [1.54, 1.807) is 48.7 Å². The second-order valence-corrected chi connectivity index (χ2v) is 8.09. The zero-order valence-electron chi connectivity index (χ0n) is 15.8. The Kier molecular flexibility index (Phi) is 5.29. The van der Waals surface area contributed by atoms with Gasteiger partial charge in [-0.1, -0.05) is 18.2 Å². The average molecular weight is 436 g/mol. The van der Waals surface area contributed by atoms with E-state index in [1.807, 2.05) is 0 Å². The Labute approximate surface area is 174 Å². The summed E-state index contributed by atoms with van der Waals surface area (Å²) in [6, 6.07) is 7.77. The summed E-state index contributed by atoms with van der Waals surface area (Å²) in [5.41, 5.74) is 1.06. The number of anilines is 2. The van der Waals surface area contributed by atoms with E-state index in [4.69, 9.17) is 0 Å². The molecule has 3 N–H and O–H groups in total. The quantitative estimate of drug-likeness (QED) is 0.543. The molecule has 0 aliphatic carbocycles. The second kappa shape index (κ2) is 7.77.